The van der Waals surface area contributed by atoms with Crippen molar-refractivity contribution < 1.29 is 0 Å². The lowest BCUT2D eigenvalue weighted by atomic mass is 9.65. The highest BCUT2D eigenvalue weighted by Crippen LogP contribution is 2.47. The van der Waals surface area contributed by atoms with Gasteiger partial charge in [-0.2, -0.15) is 0 Å². The number of hydrogen-bond acceptors (Lipinski definition) is 2. The normalized spacial score (nSPS) is 34.3. The minimum absolute atomic E-state index is 0.297. The van der Waals surface area contributed by atoms with Crippen molar-refractivity contribution in [2.75, 3.05) is 0 Å². The number of piperidine rings is 1. The summed E-state index contributed by atoms with van der Waals surface area (Å²) in [5, 5.41) is 3.94. The SMILES string of the molecule is NC1C2CCCC1C(c1ccccc1)NC2c1ccccc1. The van der Waals surface area contributed by atoms with Gasteiger partial charge in [-0.15, -0.1) is 0 Å². The monoisotopic (exact) mass is 292 g/mol. The first-order chi connectivity index (χ1) is 10.8. The fourth-order valence-electron chi connectivity index (χ4n) is 4.52. The molecule has 0 aromatic heterocycles. The molecule has 2 aliphatic rings. The van der Waals surface area contributed by atoms with Crippen molar-refractivity contribution in [3.05, 3.63) is 71.8 Å². The standard InChI is InChI=1S/C20H24N2/c21-18-16-12-7-13-17(18)20(15-10-5-2-6-11-15)22-19(16)14-8-3-1-4-9-14/h1-6,8-11,16-20,22H,7,12-13,21H2. The molecule has 114 valence electrons. The molecule has 4 rings (SSSR count). The van der Waals surface area contributed by atoms with Gasteiger partial charge in [0.2, 0.25) is 0 Å². The Bertz CT molecular complexity index is 557. The summed E-state index contributed by atoms with van der Waals surface area (Å²) in [6, 6.07) is 22.7. The van der Waals surface area contributed by atoms with E-state index >= 15 is 0 Å². The summed E-state index contributed by atoms with van der Waals surface area (Å²) >= 11 is 0. The molecular formula is C20H24N2. The van der Waals surface area contributed by atoms with Crippen LogP contribution in [0.4, 0.5) is 0 Å². The fraction of sp³-hybridized carbons (Fsp3) is 0.400. The molecule has 0 spiro atoms. The molecule has 2 fully saturated rings. The largest absolute Gasteiger partial charge is 0.327 e. The zero-order chi connectivity index (χ0) is 14.9. The van der Waals surface area contributed by atoms with Crippen LogP contribution in [0, 0.1) is 11.8 Å². The number of nitrogens with one attached hydrogen (secondary N) is 1. The van der Waals surface area contributed by atoms with Gasteiger partial charge in [-0.3, -0.25) is 0 Å². The Balaban J connectivity index is 1.71. The van der Waals surface area contributed by atoms with E-state index in [0.29, 0.717) is 30.0 Å². The lowest BCUT2D eigenvalue weighted by Gasteiger charge is -2.50. The van der Waals surface area contributed by atoms with Crippen molar-refractivity contribution in [1.82, 2.24) is 5.32 Å². The third kappa shape index (κ3) is 2.37. The summed E-state index contributed by atoms with van der Waals surface area (Å²) in [4.78, 5) is 0. The quantitative estimate of drug-likeness (QED) is 0.883. The van der Waals surface area contributed by atoms with Gasteiger partial charge < -0.3 is 11.1 Å². The van der Waals surface area contributed by atoms with Crippen LogP contribution in [0.15, 0.2) is 60.7 Å². The van der Waals surface area contributed by atoms with Crippen LogP contribution in [-0.2, 0) is 0 Å². The highest BCUT2D eigenvalue weighted by Gasteiger charge is 2.45. The summed E-state index contributed by atoms with van der Waals surface area (Å²) in [5.41, 5.74) is 9.46. The predicted molar refractivity (Wildman–Crippen MR) is 90.3 cm³/mol. The number of benzene rings is 2. The van der Waals surface area contributed by atoms with Crippen molar-refractivity contribution in [3.8, 4) is 0 Å². The second-order valence-corrected chi connectivity index (χ2v) is 6.78. The molecule has 4 atom stereocenters. The first-order valence-corrected chi connectivity index (χ1v) is 8.46. The van der Waals surface area contributed by atoms with Crippen molar-refractivity contribution in [2.45, 2.75) is 37.4 Å². The van der Waals surface area contributed by atoms with Crippen molar-refractivity contribution in [2.24, 2.45) is 17.6 Å². The second-order valence-electron chi connectivity index (χ2n) is 6.78. The average molecular weight is 292 g/mol. The lowest BCUT2D eigenvalue weighted by molar-refractivity contribution is 0.0782. The summed E-state index contributed by atoms with van der Waals surface area (Å²) < 4.78 is 0. The molecule has 1 saturated carbocycles. The second kappa shape index (κ2) is 5.86. The Hall–Kier alpha value is -1.64. The van der Waals surface area contributed by atoms with Crippen LogP contribution in [0.1, 0.15) is 42.5 Å². The molecule has 0 amide bonds. The topological polar surface area (TPSA) is 38.0 Å². The minimum atomic E-state index is 0.297. The minimum Gasteiger partial charge on any atom is -0.327 e. The molecule has 1 saturated heterocycles. The molecular weight excluding hydrogens is 268 g/mol. The lowest BCUT2D eigenvalue weighted by Crippen LogP contribution is -2.56. The smallest absolute Gasteiger partial charge is 0.0369 e. The Morgan fingerprint density at radius 2 is 1.18 bits per heavy atom. The first kappa shape index (κ1) is 14.0. The Kier molecular flexibility index (Phi) is 3.73. The number of nitrogens with two attached hydrogens (primary N) is 1. The van der Waals surface area contributed by atoms with Gasteiger partial charge in [0, 0.05) is 18.1 Å². The number of rotatable bonds is 2. The van der Waals surface area contributed by atoms with Crippen LogP contribution < -0.4 is 11.1 Å². The van der Waals surface area contributed by atoms with E-state index in [0.717, 1.165) is 0 Å². The van der Waals surface area contributed by atoms with Gasteiger partial charge in [0.05, 0.1) is 0 Å². The van der Waals surface area contributed by atoms with Crippen LogP contribution in [-0.4, -0.2) is 6.04 Å². The molecule has 2 nitrogen and oxygen atoms in total. The van der Waals surface area contributed by atoms with E-state index in [-0.39, 0.29) is 0 Å². The van der Waals surface area contributed by atoms with Crippen molar-refractivity contribution in [1.29, 1.82) is 0 Å². The van der Waals surface area contributed by atoms with Crippen LogP contribution in [0.5, 0.6) is 0 Å². The molecule has 2 heteroatoms. The molecule has 1 heterocycles. The number of fused-ring (bicyclic) bond motifs is 2. The first-order valence-electron chi connectivity index (χ1n) is 8.46. The maximum atomic E-state index is 6.70. The third-order valence-corrected chi connectivity index (χ3v) is 5.60. The van der Waals surface area contributed by atoms with Gasteiger partial charge in [-0.05, 0) is 35.8 Å². The third-order valence-electron chi connectivity index (χ3n) is 5.60. The van der Waals surface area contributed by atoms with Gasteiger partial charge in [0.15, 0.2) is 0 Å². The summed E-state index contributed by atoms with van der Waals surface area (Å²) in [5.74, 6) is 1.11. The molecule has 0 radical (unpaired) electrons. The molecule has 1 aliphatic carbocycles. The Morgan fingerprint density at radius 1 is 0.727 bits per heavy atom. The molecule has 3 N–H and O–H groups in total. The molecule has 2 bridgehead atoms. The van der Waals surface area contributed by atoms with E-state index in [4.69, 9.17) is 5.73 Å². The van der Waals surface area contributed by atoms with Crippen LogP contribution in [0.25, 0.3) is 0 Å². The van der Waals surface area contributed by atoms with E-state index < -0.39 is 0 Å². The van der Waals surface area contributed by atoms with E-state index in [1.807, 2.05) is 0 Å². The van der Waals surface area contributed by atoms with Crippen molar-refractivity contribution >= 4 is 0 Å². The van der Waals surface area contributed by atoms with Crippen LogP contribution in [0.2, 0.25) is 0 Å². The average Bonchev–Trinajstić information content (AvgIpc) is 2.57. The maximum absolute atomic E-state index is 6.70. The van der Waals surface area contributed by atoms with Crippen LogP contribution >= 0.6 is 0 Å². The summed E-state index contributed by atoms with van der Waals surface area (Å²) in [6.45, 7) is 0. The van der Waals surface area contributed by atoms with Gasteiger partial charge in [0.25, 0.3) is 0 Å². The fourth-order valence-corrected chi connectivity index (χ4v) is 4.52. The van der Waals surface area contributed by atoms with E-state index in [1.54, 1.807) is 0 Å². The zero-order valence-corrected chi connectivity index (χ0v) is 12.9. The molecule has 2 aromatic rings. The van der Waals surface area contributed by atoms with Gasteiger partial charge in [-0.1, -0.05) is 67.1 Å². The Labute approximate surface area is 132 Å². The van der Waals surface area contributed by atoms with E-state index in [2.05, 4.69) is 66.0 Å². The van der Waals surface area contributed by atoms with Gasteiger partial charge >= 0.3 is 0 Å². The highest BCUT2D eigenvalue weighted by molar-refractivity contribution is 5.27. The highest BCUT2D eigenvalue weighted by atomic mass is 15.0. The molecule has 1 aliphatic heterocycles. The molecule has 4 unspecified atom stereocenters. The van der Waals surface area contributed by atoms with E-state index in [9.17, 15) is 0 Å². The van der Waals surface area contributed by atoms with E-state index in [1.165, 1.54) is 30.4 Å². The predicted octanol–water partition coefficient (Wildman–Crippen LogP) is 3.82. The Morgan fingerprint density at radius 3 is 1.64 bits per heavy atom. The number of hydrogen-bond donors (Lipinski definition) is 2. The summed E-state index contributed by atoms with van der Waals surface area (Å²) in [7, 11) is 0. The molecule has 2 aromatic carbocycles. The maximum Gasteiger partial charge on any atom is 0.0369 e. The molecule has 22 heavy (non-hydrogen) atoms. The van der Waals surface area contributed by atoms with Gasteiger partial charge in [0.1, 0.15) is 0 Å². The van der Waals surface area contributed by atoms with Crippen molar-refractivity contribution in [3.63, 3.8) is 0 Å². The summed E-state index contributed by atoms with van der Waals surface area (Å²) in [6.07, 6.45) is 3.79. The zero-order valence-electron chi connectivity index (χ0n) is 12.9. The van der Waals surface area contributed by atoms with Crippen LogP contribution in [0.3, 0.4) is 0 Å². The van der Waals surface area contributed by atoms with Gasteiger partial charge in [-0.25, -0.2) is 0 Å².